The third-order valence-corrected chi connectivity index (χ3v) is 4.03. The van der Waals surface area contributed by atoms with E-state index >= 15 is 0 Å². The molecule has 3 N–H and O–H groups in total. The topological polar surface area (TPSA) is 61.7 Å². The van der Waals surface area contributed by atoms with Crippen molar-refractivity contribution in [3.05, 3.63) is 52.0 Å². The van der Waals surface area contributed by atoms with E-state index in [9.17, 15) is 10.2 Å². The Bertz CT molecular complexity index is 687. The Morgan fingerprint density at radius 3 is 2.67 bits per heavy atom. The maximum atomic E-state index is 9.79. The zero-order valence-electron chi connectivity index (χ0n) is 11.6. The fourth-order valence-electron chi connectivity index (χ4n) is 2.79. The fraction of sp³-hybridized carbons (Fsp3) is 0.250. The average Bonchev–Trinajstić information content (AvgIpc) is 2.48. The molecule has 0 bridgehead atoms. The molecule has 1 heterocycles. The molecule has 2 aromatic carbocycles. The lowest BCUT2D eigenvalue weighted by atomic mass is 9.89. The molecule has 110 valence electrons. The van der Waals surface area contributed by atoms with E-state index in [1.165, 1.54) is 0 Å². The monoisotopic (exact) mass is 305 g/mol. The lowest BCUT2D eigenvalue weighted by Crippen LogP contribution is -2.30. The van der Waals surface area contributed by atoms with Crippen LogP contribution in [0.15, 0.2) is 30.3 Å². The minimum Gasteiger partial charge on any atom is -0.504 e. The molecule has 0 radical (unpaired) electrons. The summed E-state index contributed by atoms with van der Waals surface area (Å²) in [4.78, 5) is 0. The van der Waals surface area contributed by atoms with E-state index in [2.05, 4.69) is 5.32 Å². The molecule has 2 aromatic rings. The summed E-state index contributed by atoms with van der Waals surface area (Å²) in [6.07, 6.45) is 0.794. The van der Waals surface area contributed by atoms with Crippen LogP contribution in [-0.4, -0.2) is 23.9 Å². The average molecular weight is 306 g/mol. The molecule has 4 nitrogen and oxygen atoms in total. The number of benzene rings is 2. The van der Waals surface area contributed by atoms with Crippen molar-refractivity contribution in [3.63, 3.8) is 0 Å². The third kappa shape index (κ3) is 2.52. The van der Waals surface area contributed by atoms with E-state index in [4.69, 9.17) is 16.3 Å². The number of rotatable bonds is 2. The molecule has 1 aliphatic heterocycles. The van der Waals surface area contributed by atoms with E-state index in [-0.39, 0.29) is 17.5 Å². The predicted octanol–water partition coefficient (Wildman–Crippen LogP) is 2.99. The van der Waals surface area contributed by atoms with Gasteiger partial charge in [0.2, 0.25) is 0 Å². The molecule has 0 saturated heterocycles. The molecule has 1 aliphatic rings. The molecule has 0 aromatic heterocycles. The van der Waals surface area contributed by atoms with E-state index in [0.29, 0.717) is 5.02 Å². The summed E-state index contributed by atoms with van der Waals surface area (Å²) in [6.45, 7) is 0.775. The molecule has 0 saturated carbocycles. The largest absolute Gasteiger partial charge is 0.504 e. The van der Waals surface area contributed by atoms with E-state index < -0.39 is 0 Å². The van der Waals surface area contributed by atoms with Crippen LogP contribution >= 0.6 is 11.6 Å². The maximum absolute atomic E-state index is 9.79. The van der Waals surface area contributed by atoms with Gasteiger partial charge in [-0.05, 0) is 47.9 Å². The Morgan fingerprint density at radius 2 is 1.90 bits per heavy atom. The van der Waals surface area contributed by atoms with Crippen molar-refractivity contribution in [3.8, 4) is 17.2 Å². The van der Waals surface area contributed by atoms with E-state index in [0.717, 1.165) is 35.4 Å². The highest BCUT2D eigenvalue weighted by Crippen LogP contribution is 2.39. The Hall–Kier alpha value is -1.91. The van der Waals surface area contributed by atoms with Gasteiger partial charge < -0.3 is 20.3 Å². The van der Waals surface area contributed by atoms with Crippen molar-refractivity contribution in [2.45, 2.75) is 12.5 Å². The van der Waals surface area contributed by atoms with Crippen molar-refractivity contribution in [2.75, 3.05) is 13.7 Å². The van der Waals surface area contributed by atoms with Gasteiger partial charge >= 0.3 is 0 Å². The first-order chi connectivity index (χ1) is 10.1. The Balaban J connectivity index is 2.14. The summed E-state index contributed by atoms with van der Waals surface area (Å²) in [7, 11) is 1.62. The number of fused-ring (bicyclic) bond motifs is 1. The van der Waals surface area contributed by atoms with Crippen LogP contribution in [0.2, 0.25) is 5.02 Å². The molecule has 5 heteroatoms. The van der Waals surface area contributed by atoms with Gasteiger partial charge in [-0.25, -0.2) is 0 Å². The van der Waals surface area contributed by atoms with Crippen LogP contribution in [0.1, 0.15) is 22.7 Å². The molecule has 3 rings (SSSR count). The highest BCUT2D eigenvalue weighted by Gasteiger charge is 2.25. The number of methoxy groups -OCH3 is 1. The number of hydrogen-bond acceptors (Lipinski definition) is 4. The first-order valence-electron chi connectivity index (χ1n) is 6.71. The van der Waals surface area contributed by atoms with Crippen LogP contribution in [0.4, 0.5) is 0 Å². The lowest BCUT2D eigenvalue weighted by molar-refractivity contribution is 0.395. The Morgan fingerprint density at radius 1 is 1.14 bits per heavy atom. The van der Waals surface area contributed by atoms with Gasteiger partial charge in [-0.1, -0.05) is 11.6 Å². The van der Waals surface area contributed by atoms with Gasteiger partial charge in [0.25, 0.3) is 0 Å². The third-order valence-electron chi connectivity index (χ3n) is 3.79. The number of phenolic OH excluding ortho intramolecular Hbond substituents is 2. The number of aromatic hydroxyl groups is 2. The number of ether oxygens (including phenoxy) is 1. The summed E-state index contributed by atoms with van der Waals surface area (Å²) in [5, 5.41) is 23.5. The first kappa shape index (κ1) is 14.0. The van der Waals surface area contributed by atoms with E-state index in [1.54, 1.807) is 25.3 Å². The molecular weight excluding hydrogens is 290 g/mol. The van der Waals surface area contributed by atoms with Gasteiger partial charge in [-0.2, -0.15) is 0 Å². The number of nitrogens with one attached hydrogen (secondary N) is 1. The van der Waals surface area contributed by atoms with E-state index in [1.807, 2.05) is 12.1 Å². The molecular formula is C16H16ClNO3. The first-order valence-corrected chi connectivity index (χ1v) is 7.09. The van der Waals surface area contributed by atoms with Gasteiger partial charge in [0.15, 0.2) is 11.5 Å². The lowest BCUT2D eigenvalue weighted by Gasteiger charge is -2.29. The number of hydrogen-bond donors (Lipinski definition) is 3. The van der Waals surface area contributed by atoms with Gasteiger partial charge in [0.1, 0.15) is 5.75 Å². The second kappa shape index (κ2) is 5.47. The molecule has 1 atom stereocenters. The van der Waals surface area contributed by atoms with Gasteiger partial charge in [-0.15, -0.1) is 0 Å². The second-order valence-corrected chi connectivity index (χ2v) is 5.50. The summed E-state index contributed by atoms with van der Waals surface area (Å²) in [5.41, 5.74) is 2.85. The summed E-state index contributed by atoms with van der Waals surface area (Å²) in [6, 6.07) is 8.55. The van der Waals surface area contributed by atoms with Crippen LogP contribution in [-0.2, 0) is 6.42 Å². The van der Waals surface area contributed by atoms with Crippen LogP contribution in [0.5, 0.6) is 17.2 Å². The molecule has 0 fully saturated rings. The number of phenols is 2. The Kier molecular flexibility index (Phi) is 3.66. The van der Waals surface area contributed by atoms with Crippen molar-refractivity contribution >= 4 is 11.6 Å². The minimum atomic E-state index is -0.131. The molecule has 0 spiro atoms. The molecule has 0 amide bonds. The van der Waals surface area contributed by atoms with Crippen LogP contribution in [0.25, 0.3) is 0 Å². The SMILES string of the molecule is COc1ccc(Cl)cc1C1NCCc2cc(O)c(O)cc21. The van der Waals surface area contributed by atoms with Crippen molar-refractivity contribution in [1.29, 1.82) is 0 Å². The van der Waals surface area contributed by atoms with Crippen molar-refractivity contribution in [1.82, 2.24) is 5.32 Å². The summed E-state index contributed by atoms with van der Waals surface area (Å²) in [5.74, 6) is 0.521. The van der Waals surface area contributed by atoms with Gasteiger partial charge in [-0.3, -0.25) is 0 Å². The highest BCUT2D eigenvalue weighted by atomic mass is 35.5. The van der Waals surface area contributed by atoms with Crippen molar-refractivity contribution in [2.24, 2.45) is 0 Å². The maximum Gasteiger partial charge on any atom is 0.157 e. The van der Waals surface area contributed by atoms with Crippen molar-refractivity contribution < 1.29 is 14.9 Å². The summed E-state index contributed by atoms with van der Waals surface area (Å²) < 4.78 is 5.41. The quantitative estimate of drug-likeness (QED) is 0.747. The van der Waals surface area contributed by atoms with Gasteiger partial charge in [0.05, 0.1) is 13.2 Å². The van der Waals surface area contributed by atoms with Crippen LogP contribution in [0, 0.1) is 0 Å². The minimum absolute atomic E-state index is 0.0903. The zero-order valence-corrected chi connectivity index (χ0v) is 12.3. The summed E-state index contributed by atoms with van der Waals surface area (Å²) >= 11 is 6.10. The number of halogens is 1. The normalized spacial score (nSPS) is 17.3. The fourth-order valence-corrected chi connectivity index (χ4v) is 2.97. The van der Waals surface area contributed by atoms with Gasteiger partial charge in [0, 0.05) is 17.1 Å². The van der Waals surface area contributed by atoms with Crippen LogP contribution in [0.3, 0.4) is 0 Å². The smallest absolute Gasteiger partial charge is 0.157 e. The Labute approximate surface area is 127 Å². The zero-order chi connectivity index (χ0) is 15.0. The molecule has 1 unspecified atom stereocenters. The standard InChI is InChI=1S/C16H16ClNO3/c1-21-15-3-2-10(17)7-12(15)16-11-8-14(20)13(19)6-9(11)4-5-18-16/h2-3,6-8,16,18-20H,4-5H2,1H3. The molecule has 0 aliphatic carbocycles. The predicted molar refractivity (Wildman–Crippen MR) is 81.3 cm³/mol. The second-order valence-electron chi connectivity index (χ2n) is 5.06. The highest BCUT2D eigenvalue weighted by molar-refractivity contribution is 6.30. The molecule has 21 heavy (non-hydrogen) atoms. The van der Waals surface area contributed by atoms with Crippen LogP contribution < -0.4 is 10.1 Å².